The molecule has 2 unspecified atom stereocenters. The molecule has 0 amide bonds. The number of hydrogen-bond acceptors (Lipinski definition) is 2. The van der Waals surface area contributed by atoms with Gasteiger partial charge in [-0.2, -0.15) is 0 Å². The maximum atomic E-state index is 5.38. The molecule has 0 aliphatic carbocycles. The lowest BCUT2D eigenvalue weighted by Gasteiger charge is -2.21. The Morgan fingerprint density at radius 1 is 1.24 bits per heavy atom. The molecule has 1 N–H and O–H groups in total. The van der Waals surface area contributed by atoms with Crippen molar-refractivity contribution in [3.05, 3.63) is 35.9 Å². The van der Waals surface area contributed by atoms with Crippen LogP contribution in [0.5, 0.6) is 0 Å². The summed E-state index contributed by atoms with van der Waals surface area (Å²) in [7, 11) is 1.78. The first kappa shape index (κ1) is 14.2. The Bertz CT molecular complexity index is 286. The van der Waals surface area contributed by atoms with E-state index < -0.39 is 0 Å². The molecule has 0 saturated carbocycles. The molecule has 17 heavy (non-hydrogen) atoms. The molecule has 1 aromatic carbocycles. The van der Waals surface area contributed by atoms with Crippen LogP contribution in [0.15, 0.2) is 30.3 Å². The zero-order chi connectivity index (χ0) is 12.5. The summed E-state index contributed by atoms with van der Waals surface area (Å²) in [5.41, 5.74) is 1.40. The van der Waals surface area contributed by atoms with Crippen LogP contribution in [0, 0.1) is 0 Å². The topological polar surface area (TPSA) is 21.3 Å². The second-order valence-electron chi connectivity index (χ2n) is 4.59. The van der Waals surface area contributed by atoms with Crippen LogP contribution in [0.4, 0.5) is 0 Å². The van der Waals surface area contributed by atoms with Gasteiger partial charge in [-0.1, -0.05) is 37.3 Å². The number of hydrogen-bond donors (Lipinski definition) is 1. The van der Waals surface area contributed by atoms with Crippen molar-refractivity contribution in [2.45, 2.75) is 38.7 Å². The van der Waals surface area contributed by atoms with E-state index in [1.165, 1.54) is 12.0 Å². The Morgan fingerprint density at radius 3 is 2.53 bits per heavy atom. The maximum Gasteiger partial charge on any atom is 0.0549 e. The van der Waals surface area contributed by atoms with Gasteiger partial charge in [-0.3, -0.25) is 0 Å². The van der Waals surface area contributed by atoms with E-state index in [9.17, 15) is 0 Å². The first-order valence-corrected chi connectivity index (χ1v) is 6.56. The van der Waals surface area contributed by atoms with Crippen LogP contribution < -0.4 is 5.32 Å². The fourth-order valence-electron chi connectivity index (χ4n) is 2.01. The van der Waals surface area contributed by atoms with Crippen molar-refractivity contribution in [1.82, 2.24) is 5.32 Å². The normalized spacial score (nSPS) is 14.5. The molecular formula is C15H25NO. The first-order chi connectivity index (χ1) is 8.27. The summed E-state index contributed by atoms with van der Waals surface area (Å²) in [6.07, 6.45) is 2.56. The molecule has 2 atom stereocenters. The van der Waals surface area contributed by atoms with Crippen LogP contribution in [0.1, 0.15) is 38.2 Å². The van der Waals surface area contributed by atoms with Gasteiger partial charge in [0, 0.05) is 13.7 Å². The monoisotopic (exact) mass is 235 g/mol. The minimum Gasteiger partial charge on any atom is -0.382 e. The second kappa shape index (κ2) is 8.26. The minimum absolute atomic E-state index is 0.309. The van der Waals surface area contributed by atoms with Crippen molar-refractivity contribution < 1.29 is 4.74 Å². The van der Waals surface area contributed by atoms with E-state index in [0.717, 1.165) is 19.5 Å². The van der Waals surface area contributed by atoms with Gasteiger partial charge in [0.05, 0.1) is 6.10 Å². The van der Waals surface area contributed by atoms with Crippen molar-refractivity contribution in [3.63, 3.8) is 0 Å². The molecule has 2 heteroatoms. The average molecular weight is 235 g/mol. The van der Waals surface area contributed by atoms with Crippen molar-refractivity contribution in [2.75, 3.05) is 20.2 Å². The van der Waals surface area contributed by atoms with Crippen LogP contribution >= 0.6 is 0 Å². The summed E-state index contributed by atoms with van der Waals surface area (Å²) >= 11 is 0. The zero-order valence-electron chi connectivity index (χ0n) is 11.3. The summed E-state index contributed by atoms with van der Waals surface area (Å²) in [4.78, 5) is 0. The van der Waals surface area contributed by atoms with Gasteiger partial charge in [-0.25, -0.2) is 0 Å². The summed E-state index contributed by atoms with van der Waals surface area (Å²) in [6.45, 7) is 6.45. The summed E-state index contributed by atoms with van der Waals surface area (Å²) in [6, 6.07) is 10.7. The van der Waals surface area contributed by atoms with Gasteiger partial charge >= 0.3 is 0 Å². The Morgan fingerprint density at radius 2 is 1.94 bits per heavy atom. The van der Waals surface area contributed by atoms with E-state index in [1.54, 1.807) is 7.11 Å². The number of ether oxygens (including phenoxy) is 1. The standard InChI is InChI=1S/C15H25NO/c1-4-10-16-12-15(11-13(2)17-3)14-8-6-5-7-9-14/h5-9,13,15-16H,4,10-12H2,1-3H3. The molecule has 2 nitrogen and oxygen atoms in total. The number of methoxy groups -OCH3 is 1. The SMILES string of the molecule is CCCNCC(CC(C)OC)c1ccccc1. The van der Waals surface area contributed by atoms with Gasteiger partial charge in [0.25, 0.3) is 0 Å². The van der Waals surface area contributed by atoms with Crippen LogP contribution in [0.2, 0.25) is 0 Å². The largest absolute Gasteiger partial charge is 0.382 e. The van der Waals surface area contributed by atoms with Crippen molar-refractivity contribution in [3.8, 4) is 0 Å². The number of benzene rings is 1. The lowest BCUT2D eigenvalue weighted by atomic mass is 9.93. The summed E-state index contributed by atoms with van der Waals surface area (Å²) in [5.74, 6) is 0.540. The Hall–Kier alpha value is -0.860. The van der Waals surface area contributed by atoms with Gasteiger partial charge < -0.3 is 10.1 Å². The van der Waals surface area contributed by atoms with Crippen molar-refractivity contribution in [1.29, 1.82) is 0 Å². The molecular weight excluding hydrogens is 210 g/mol. The third kappa shape index (κ3) is 5.33. The molecule has 96 valence electrons. The molecule has 0 aliphatic heterocycles. The third-order valence-electron chi connectivity index (χ3n) is 3.11. The van der Waals surface area contributed by atoms with E-state index in [0.29, 0.717) is 12.0 Å². The maximum absolute atomic E-state index is 5.38. The molecule has 0 fully saturated rings. The van der Waals surface area contributed by atoms with Gasteiger partial charge in [0.1, 0.15) is 0 Å². The van der Waals surface area contributed by atoms with Gasteiger partial charge in [0.15, 0.2) is 0 Å². The molecule has 1 aromatic rings. The minimum atomic E-state index is 0.309. The fraction of sp³-hybridized carbons (Fsp3) is 0.600. The highest BCUT2D eigenvalue weighted by atomic mass is 16.5. The number of rotatable bonds is 8. The highest BCUT2D eigenvalue weighted by molar-refractivity contribution is 5.20. The van der Waals surface area contributed by atoms with E-state index in [4.69, 9.17) is 4.74 Å². The van der Waals surface area contributed by atoms with E-state index in [1.807, 2.05) is 0 Å². The Balaban J connectivity index is 2.58. The van der Waals surface area contributed by atoms with Crippen LogP contribution in [-0.4, -0.2) is 26.3 Å². The second-order valence-corrected chi connectivity index (χ2v) is 4.59. The predicted molar refractivity (Wildman–Crippen MR) is 73.4 cm³/mol. The Kier molecular flexibility index (Phi) is 6.90. The quantitative estimate of drug-likeness (QED) is 0.699. The van der Waals surface area contributed by atoms with Gasteiger partial charge in [0.2, 0.25) is 0 Å². The number of nitrogens with one attached hydrogen (secondary N) is 1. The molecule has 0 radical (unpaired) electrons. The summed E-state index contributed by atoms with van der Waals surface area (Å²) < 4.78 is 5.38. The highest BCUT2D eigenvalue weighted by Crippen LogP contribution is 2.21. The predicted octanol–water partition coefficient (Wildman–Crippen LogP) is 3.19. The first-order valence-electron chi connectivity index (χ1n) is 6.56. The van der Waals surface area contributed by atoms with Gasteiger partial charge in [-0.15, -0.1) is 0 Å². The fourth-order valence-corrected chi connectivity index (χ4v) is 2.01. The molecule has 0 aliphatic rings. The Labute approximate surface area is 105 Å². The van der Waals surface area contributed by atoms with Crippen molar-refractivity contribution >= 4 is 0 Å². The molecule has 0 heterocycles. The molecule has 0 saturated heterocycles. The van der Waals surface area contributed by atoms with Crippen LogP contribution in [0.25, 0.3) is 0 Å². The lowest BCUT2D eigenvalue weighted by molar-refractivity contribution is 0.104. The highest BCUT2D eigenvalue weighted by Gasteiger charge is 2.14. The smallest absolute Gasteiger partial charge is 0.0549 e. The molecule has 1 rings (SSSR count). The van der Waals surface area contributed by atoms with E-state index in [2.05, 4.69) is 49.5 Å². The van der Waals surface area contributed by atoms with Crippen LogP contribution in [0.3, 0.4) is 0 Å². The van der Waals surface area contributed by atoms with E-state index >= 15 is 0 Å². The molecule has 0 aromatic heterocycles. The van der Waals surface area contributed by atoms with E-state index in [-0.39, 0.29) is 0 Å². The molecule has 0 spiro atoms. The molecule has 0 bridgehead atoms. The lowest BCUT2D eigenvalue weighted by Crippen LogP contribution is -2.25. The zero-order valence-corrected chi connectivity index (χ0v) is 11.3. The average Bonchev–Trinajstić information content (AvgIpc) is 2.38. The third-order valence-corrected chi connectivity index (χ3v) is 3.11. The van der Waals surface area contributed by atoms with Crippen LogP contribution in [-0.2, 0) is 4.74 Å². The summed E-state index contributed by atoms with van der Waals surface area (Å²) in [5, 5.41) is 3.51. The van der Waals surface area contributed by atoms with Crippen molar-refractivity contribution in [2.24, 2.45) is 0 Å². The van der Waals surface area contributed by atoms with Gasteiger partial charge in [-0.05, 0) is 37.8 Å².